The van der Waals surface area contributed by atoms with E-state index in [1.807, 2.05) is 0 Å². The molecule has 0 radical (unpaired) electrons. The molecule has 4 atom stereocenters. The van der Waals surface area contributed by atoms with Crippen molar-refractivity contribution in [1.29, 1.82) is 0 Å². The van der Waals surface area contributed by atoms with E-state index in [1.165, 1.54) is 31.7 Å². The first-order chi connectivity index (χ1) is 10.1. The molecule has 3 rings (SSSR count). The van der Waals surface area contributed by atoms with Gasteiger partial charge in [-0.2, -0.15) is 0 Å². The Hall–Kier alpha value is -1.84. The summed E-state index contributed by atoms with van der Waals surface area (Å²) in [5.41, 5.74) is 0.894. The van der Waals surface area contributed by atoms with Gasteiger partial charge >= 0.3 is 5.97 Å². The van der Waals surface area contributed by atoms with Crippen molar-refractivity contribution >= 4 is 11.7 Å². The number of nitrogens with one attached hydrogen (secondary N) is 1. The Kier molecular flexibility index (Phi) is 3.70. The van der Waals surface area contributed by atoms with Gasteiger partial charge in [0.05, 0.1) is 18.4 Å². The van der Waals surface area contributed by atoms with Crippen LogP contribution in [0.15, 0.2) is 30.4 Å². The summed E-state index contributed by atoms with van der Waals surface area (Å²) in [6, 6.07) is 4.31. The number of hydrogen-bond donors (Lipinski definition) is 1. The van der Waals surface area contributed by atoms with Crippen LogP contribution in [0.5, 0.6) is 0 Å². The topological polar surface area (TPSA) is 38.3 Å². The molecular formula is C17H20FNO2. The number of carbonyl (C=O) groups is 1. The highest BCUT2D eigenvalue weighted by Gasteiger charge is 2.38. The maximum absolute atomic E-state index is 13.5. The van der Waals surface area contributed by atoms with Crippen LogP contribution in [0.1, 0.15) is 30.1 Å². The predicted molar refractivity (Wildman–Crippen MR) is 79.7 cm³/mol. The average molecular weight is 289 g/mol. The number of anilines is 1. The van der Waals surface area contributed by atoms with E-state index < -0.39 is 5.97 Å². The Balaban J connectivity index is 1.79. The number of rotatable bonds is 4. The Labute approximate surface area is 124 Å². The number of halogens is 1. The molecule has 0 spiro atoms. The molecule has 1 N–H and O–H groups in total. The molecule has 1 fully saturated rings. The first-order valence-corrected chi connectivity index (χ1v) is 7.41. The molecule has 4 heteroatoms. The molecule has 2 bridgehead atoms. The van der Waals surface area contributed by atoms with E-state index in [2.05, 4.69) is 24.4 Å². The summed E-state index contributed by atoms with van der Waals surface area (Å²) < 4.78 is 18.2. The van der Waals surface area contributed by atoms with Gasteiger partial charge in [-0.25, -0.2) is 9.18 Å². The van der Waals surface area contributed by atoms with Gasteiger partial charge in [-0.1, -0.05) is 12.2 Å². The van der Waals surface area contributed by atoms with Crippen molar-refractivity contribution in [3.8, 4) is 0 Å². The number of benzene rings is 1. The van der Waals surface area contributed by atoms with Gasteiger partial charge in [0.1, 0.15) is 5.82 Å². The van der Waals surface area contributed by atoms with Gasteiger partial charge in [0.25, 0.3) is 0 Å². The third-order valence-corrected chi connectivity index (χ3v) is 4.74. The van der Waals surface area contributed by atoms with E-state index in [1.54, 1.807) is 0 Å². The SMILES string of the molecule is COC(=O)c1ccc(F)cc1NC(C)C1CC2C=CC1C2. The minimum absolute atomic E-state index is 0.190. The second kappa shape index (κ2) is 5.51. The number of hydrogen-bond acceptors (Lipinski definition) is 3. The number of esters is 1. The third-order valence-electron chi connectivity index (χ3n) is 4.74. The quantitative estimate of drug-likeness (QED) is 0.679. The van der Waals surface area contributed by atoms with Crippen LogP contribution in [0.3, 0.4) is 0 Å². The van der Waals surface area contributed by atoms with Crippen LogP contribution in [0, 0.1) is 23.6 Å². The molecule has 0 heterocycles. The van der Waals surface area contributed by atoms with Gasteiger partial charge in [0, 0.05) is 6.04 Å². The minimum Gasteiger partial charge on any atom is -0.465 e. The van der Waals surface area contributed by atoms with Crippen LogP contribution >= 0.6 is 0 Å². The summed E-state index contributed by atoms with van der Waals surface area (Å²) in [5.74, 6) is 1.03. The van der Waals surface area contributed by atoms with Crippen LogP contribution in [0.25, 0.3) is 0 Å². The van der Waals surface area contributed by atoms with Crippen LogP contribution in [0.4, 0.5) is 10.1 Å². The molecule has 1 aromatic carbocycles. The van der Waals surface area contributed by atoms with Crippen molar-refractivity contribution in [1.82, 2.24) is 0 Å². The molecule has 21 heavy (non-hydrogen) atoms. The highest BCUT2D eigenvalue weighted by atomic mass is 19.1. The van der Waals surface area contributed by atoms with Crippen molar-refractivity contribution < 1.29 is 13.9 Å². The first kappa shape index (κ1) is 14.1. The van der Waals surface area contributed by atoms with Crippen molar-refractivity contribution in [3.05, 3.63) is 41.7 Å². The molecule has 112 valence electrons. The van der Waals surface area contributed by atoms with E-state index in [4.69, 9.17) is 4.74 Å². The van der Waals surface area contributed by atoms with Gasteiger partial charge in [-0.05, 0) is 55.7 Å². The summed E-state index contributed by atoms with van der Waals surface area (Å²) >= 11 is 0. The van der Waals surface area contributed by atoms with E-state index >= 15 is 0 Å². The molecule has 0 amide bonds. The lowest BCUT2D eigenvalue weighted by atomic mass is 9.87. The van der Waals surface area contributed by atoms with Gasteiger partial charge in [-0.15, -0.1) is 0 Å². The van der Waals surface area contributed by atoms with E-state index in [0.29, 0.717) is 29.0 Å². The lowest BCUT2D eigenvalue weighted by Crippen LogP contribution is -2.29. The van der Waals surface area contributed by atoms with Crippen molar-refractivity contribution in [3.63, 3.8) is 0 Å². The van der Waals surface area contributed by atoms with E-state index in [0.717, 1.165) is 6.42 Å². The van der Waals surface area contributed by atoms with Crippen LogP contribution in [-0.4, -0.2) is 19.1 Å². The molecule has 1 aromatic rings. The minimum atomic E-state index is -0.447. The van der Waals surface area contributed by atoms with Crippen LogP contribution in [-0.2, 0) is 4.74 Å². The Morgan fingerprint density at radius 2 is 2.19 bits per heavy atom. The zero-order chi connectivity index (χ0) is 15.0. The second-order valence-electron chi connectivity index (χ2n) is 6.06. The molecule has 0 saturated heterocycles. The fourth-order valence-electron chi connectivity index (χ4n) is 3.67. The number of carbonyl (C=O) groups excluding carboxylic acids is 1. The Morgan fingerprint density at radius 1 is 1.38 bits per heavy atom. The first-order valence-electron chi connectivity index (χ1n) is 7.41. The lowest BCUT2D eigenvalue weighted by molar-refractivity contribution is 0.0601. The molecule has 2 aliphatic carbocycles. The predicted octanol–water partition coefficient (Wildman–Crippen LogP) is 3.62. The summed E-state index contributed by atoms with van der Waals surface area (Å²) in [6.07, 6.45) is 6.99. The maximum atomic E-state index is 13.5. The fourth-order valence-corrected chi connectivity index (χ4v) is 3.67. The van der Waals surface area contributed by atoms with Crippen molar-refractivity contribution in [2.24, 2.45) is 17.8 Å². The monoisotopic (exact) mass is 289 g/mol. The molecule has 0 aromatic heterocycles. The number of ether oxygens (including phenoxy) is 1. The fraction of sp³-hybridized carbons (Fsp3) is 0.471. The molecule has 0 aliphatic heterocycles. The Bertz CT molecular complexity index is 584. The molecule has 2 aliphatic rings. The smallest absolute Gasteiger partial charge is 0.339 e. The third kappa shape index (κ3) is 2.67. The molecule has 3 nitrogen and oxygen atoms in total. The number of methoxy groups -OCH3 is 1. The highest BCUT2D eigenvalue weighted by molar-refractivity contribution is 5.95. The van der Waals surface area contributed by atoms with Gasteiger partial charge < -0.3 is 10.1 Å². The summed E-state index contributed by atoms with van der Waals surface area (Å²) in [7, 11) is 1.33. The zero-order valence-electron chi connectivity index (χ0n) is 12.3. The summed E-state index contributed by atoms with van der Waals surface area (Å²) in [4.78, 5) is 11.8. The Morgan fingerprint density at radius 3 is 2.81 bits per heavy atom. The van der Waals surface area contributed by atoms with Crippen molar-refractivity contribution in [2.75, 3.05) is 12.4 Å². The van der Waals surface area contributed by atoms with Gasteiger partial charge in [0.15, 0.2) is 0 Å². The number of allylic oxidation sites excluding steroid dienone is 2. The van der Waals surface area contributed by atoms with Gasteiger partial charge in [-0.3, -0.25) is 0 Å². The number of fused-ring (bicyclic) bond motifs is 2. The standard InChI is InChI=1S/C17H20FNO2/c1-10(15-8-11-3-4-12(15)7-11)19-16-9-13(18)5-6-14(16)17(20)21-2/h3-6,9-12,15,19H,7-8H2,1-2H3. The average Bonchev–Trinajstić information content (AvgIpc) is 3.09. The molecule has 4 unspecified atom stereocenters. The largest absolute Gasteiger partial charge is 0.465 e. The van der Waals surface area contributed by atoms with E-state index in [9.17, 15) is 9.18 Å². The van der Waals surface area contributed by atoms with Crippen LogP contribution < -0.4 is 5.32 Å². The highest BCUT2D eigenvalue weighted by Crippen LogP contribution is 2.45. The van der Waals surface area contributed by atoms with Gasteiger partial charge in [0.2, 0.25) is 0 Å². The lowest BCUT2D eigenvalue weighted by Gasteiger charge is -2.27. The zero-order valence-corrected chi connectivity index (χ0v) is 12.3. The normalized spacial score (nSPS) is 27.7. The molecular weight excluding hydrogens is 269 g/mol. The maximum Gasteiger partial charge on any atom is 0.339 e. The summed E-state index contributed by atoms with van der Waals surface area (Å²) in [6.45, 7) is 2.10. The molecule has 1 saturated carbocycles. The van der Waals surface area contributed by atoms with Crippen LogP contribution in [0.2, 0.25) is 0 Å². The van der Waals surface area contributed by atoms with E-state index in [-0.39, 0.29) is 11.9 Å². The van der Waals surface area contributed by atoms with Crippen molar-refractivity contribution in [2.45, 2.75) is 25.8 Å². The summed E-state index contributed by atoms with van der Waals surface area (Å²) in [5, 5.41) is 3.32. The second-order valence-corrected chi connectivity index (χ2v) is 6.06.